The summed E-state index contributed by atoms with van der Waals surface area (Å²) >= 11 is 3.07. The molecule has 0 unspecified atom stereocenters. The van der Waals surface area contributed by atoms with Crippen molar-refractivity contribution in [1.29, 1.82) is 0 Å². The maximum absolute atomic E-state index is 13.5. The standard InChI is InChI=1S/C10H8BrFO/c11-7-5-4-6-2-1-3-8(13)9(6)10(7)12/h4-5H,1-3H2. The molecule has 1 aromatic carbocycles. The number of benzene rings is 1. The van der Waals surface area contributed by atoms with Crippen LogP contribution in [0.25, 0.3) is 0 Å². The molecule has 1 aliphatic carbocycles. The van der Waals surface area contributed by atoms with E-state index in [-0.39, 0.29) is 5.78 Å². The molecule has 0 atom stereocenters. The van der Waals surface area contributed by atoms with Gasteiger partial charge in [-0.1, -0.05) is 6.07 Å². The van der Waals surface area contributed by atoms with Gasteiger partial charge in [0.1, 0.15) is 5.82 Å². The van der Waals surface area contributed by atoms with Gasteiger partial charge < -0.3 is 0 Å². The monoisotopic (exact) mass is 242 g/mol. The van der Waals surface area contributed by atoms with Gasteiger partial charge in [0.2, 0.25) is 0 Å². The van der Waals surface area contributed by atoms with E-state index in [1.807, 2.05) is 6.07 Å². The fraction of sp³-hybridized carbons (Fsp3) is 0.300. The normalized spacial score (nSPS) is 15.7. The minimum Gasteiger partial charge on any atom is -0.294 e. The lowest BCUT2D eigenvalue weighted by Crippen LogP contribution is -2.13. The van der Waals surface area contributed by atoms with Crippen molar-refractivity contribution >= 4 is 21.7 Å². The third kappa shape index (κ3) is 1.41. The first-order valence-corrected chi connectivity index (χ1v) is 4.99. The highest BCUT2D eigenvalue weighted by Crippen LogP contribution is 2.28. The number of carbonyl (C=O) groups is 1. The highest BCUT2D eigenvalue weighted by Gasteiger charge is 2.22. The predicted molar refractivity (Wildman–Crippen MR) is 51.4 cm³/mol. The number of hydrogen-bond acceptors (Lipinski definition) is 1. The van der Waals surface area contributed by atoms with Gasteiger partial charge in [0.25, 0.3) is 0 Å². The summed E-state index contributed by atoms with van der Waals surface area (Å²) in [5.74, 6) is -0.470. The van der Waals surface area contributed by atoms with Gasteiger partial charge in [0.05, 0.1) is 10.0 Å². The first-order valence-electron chi connectivity index (χ1n) is 4.20. The average Bonchev–Trinajstić information content (AvgIpc) is 2.12. The summed E-state index contributed by atoms with van der Waals surface area (Å²) in [4.78, 5) is 11.4. The number of aryl methyl sites for hydroxylation is 1. The summed E-state index contributed by atoms with van der Waals surface area (Å²) in [5.41, 5.74) is 1.14. The van der Waals surface area contributed by atoms with Crippen LogP contribution < -0.4 is 0 Å². The van der Waals surface area contributed by atoms with E-state index in [0.29, 0.717) is 16.5 Å². The molecule has 0 aromatic heterocycles. The van der Waals surface area contributed by atoms with E-state index in [9.17, 15) is 9.18 Å². The zero-order valence-electron chi connectivity index (χ0n) is 6.94. The van der Waals surface area contributed by atoms with Gasteiger partial charge in [-0.25, -0.2) is 4.39 Å². The van der Waals surface area contributed by atoms with Crippen LogP contribution in [0.15, 0.2) is 16.6 Å². The third-order valence-corrected chi connectivity index (χ3v) is 2.92. The van der Waals surface area contributed by atoms with E-state index in [1.54, 1.807) is 6.07 Å². The van der Waals surface area contributed by atoms with Crippen LogP contribution in [0.2, 0.25) is 0 Å². The predicted octanol–water partition coefficient (Wildman–Crippen LogP) is 3.11. The van der Waals surface area contributed by atoms with Crippen molar-refractivity contribution in [2.45, 2.75) is 19.3 Å². The van der Waals surface area contributed by atoms with E-state index < -0.39 is 5.82 Å². The van der Waals surface area contributed by atoms with Gasteiger partial charge in [-0.3, -0.25) is 4.79 Å². The Balaban J connectivity index is 2.65. The Kier molecular flexibility index (Phi) is 2.20. The van der Waals surface area contributed by atoms with Crippen LogP contribution in [0.1, 0.15) is 28.8 Å². The highest BCUT2D eigenvalue weighted by molar-refractivity contribution is 9.10. The number of ketones is 1. The van der Waals surface area contributed by atoms with Crippen molar-refractivity contribution in [2.75, 3.05) is 0 Å². The second kappa shape index (κ2) is 3.22. The SMILES string of the molecule is O=C1CCCc2ccc(Br)c(F)c21. The Morgan fingerprint density at radius 2 is 2.08 bits per heavy atom. The van der Waals surface area contributed by atoms with Crippen molar-refractivity contribution in [3.05, 3.63) is 33.5 Å². The second-order valence-electron chi connectivity index (χ2n) is 3.17. The average molecular weight is 243 g/mol. The Morgan fingerprint density at radius 1 is 1.31 bits per heavy atom. The molecule has 0 heterocycles. The molecule has 0 N–H and O–H groups in total. The lowest BCUT2D eigenvalue weighted by Gasteiger charge is -2.15. The molecule has 0 aliphatic heterocycles. The van der Waals surface area contributed by atoms with Crippen LogP contribution in [0.3, 0.4) is 0 Å². The van der Waals surface area contributed by atoms with Gasteiger partial charge in [0.15, 0.2) is 5.78 Å². The Hall–Kier alpha value is -0.700. The van der Waals surface area contributed by atoms with E-state index >= 15 is 0 Å². The van der Waals surface area contributed by atoms with Crippen LogP contribution >= 0.6 is 15.9 Å². The fourth-order valence-electron chi connectivity index (χ4n) is 1.66. The van der Waals surface area contributed by atoms with Gasteiger partial charge >= 0.3 is 0 Å². The first kappa shape index (κ1) is 8.88. The lowest BCUT2D eigenvalue weighted by molar-refractivity contribution is 0.0968. The molecule has 1 aliphatic rings. The number of Topliss-reactive ketones (excluding diaryl/α,β-unsaturated/α-hetero) is 1. The van der Waals surface area contributed by atoms with Gasteiger partial charge in [-0.2, -0.15) is 0 Å². The van der Waals surface area contributed by atoms with Gasteiger partial charge in [-0.05, 0) is 40.4 Å². The Morgan fingerprint density at radius 3 is 2.85 bits per heavy atom. The van der Waals surface area contributed by atoms with E-state index in [1.165, 1.54) is 0 Å². The maximum atomic E-state index is 13.5. The van der Waals surface area contributed by atoms with Gasteiger partial charge in [0, 0.05) is 6.42 Å². The van der Waals surface area contributed by atoms with E-state index in [4.69, 9.17) is 0 Å². The molecule has 2 rings (SSSR count). The molecule has 0 spiro atoms. The van der Waals surface area contributed by atoms with E-state index in [2.05, 4.69) is 15.9 Å². The summed E-state index contributed by atoms with van der Waals surface area (Å²) in [7, 11) is 0. The molecule has 68 valence electrons. The van der Waals surface area contributed by atoms with Crippen LogP contribution in [0.5, 0.6) is 0 Å². The zero-order valence-corrected chi connectivity index (χ0v) is 8.53. The van der Waals surface area contributed by atoms with Gasteiger partial charge in [-0.15, -0.1) is 0 Å². The third-order valence-electron chi connectivity index (χ3n) is 2.31. The quantitative estimate of drug-likeness (QED) is 0.684. The molecule has 0 saturated heterocycles. The topological polar surface area (TPSA) is 17.1 Å². The molecule has 0 amide bonds. The van der Waals surface area contributed by atoms with Crippen LogP contribution in [-0.2, 0) is 6.42 Å². The molecule has 0 radical (unpaired) electrons. The molecule has 1 nitrogen and oxygen atoms in total. The largest absolute Gasteiger partial charge is 0.294 e. The molecular formula is C10H8BrFO. The van der Waals surface area contributed by atoms with Crippen molar-refractivity contribution in [2.24, 2.45) is 0 Å². The Labute approximate surface area is 84.1 Å². The first-order chi connectivity index (χ1) is 6.20. The summed E-state index contributed by atoms with van der Waals surface area (Å²) in [6.07, 6.45) is 2.12. The van der Waals surface area contributed by atoms with Crippen LogP contribution in [0.4, 0.5) is 4.39 Å². The molecule has 13 heavy (non-hydrogen) atoms. The summed E-state index contributed by atoms with van der Waals surface area (Å²) < 4.78 is 13.8. The minimum atomic E-state index is -0.401. The number of rotatable bonds is 0. The van der Waals surface area contributed by atoms with Crippen LogP contribution in [-0.4, -0.2) is 5.78 Å². The molecule has 3 heteroatoms. The minimum absolute atomic E-state index is 0.0694. The molecule has 0 saturated carbocycles. The number of fused-ring (bicyclic) bond motifs is 1. The highest BCUT2D eigenvalue weighted by atomic mass is 79.9. The number of carbonyl (C=O) groups excluding carboxylic acids is 1. The van der Waals surface area contributed by atoms with Crippen molar-refractivity contribution in [3.8, 4) is 0 Å². The summed E-state index contributed by atoms with van der Waals surface area (Å²) in [6, 6.07) is 3.48. The molecule has 1 aromatic rings. The van der Waals surface area contributed by atoms with Crippen LogP contribution in [0, 0.1) is 5.82 Å². The zero-order chi connectivity index (χ0) is 9.42. The second-order valence-corrected chi connectivity index (χ2v) is 4.03. The van der Waals surface area contributed by atoms with Crippen molar-refractivity contribution in [1.82, 2.24) is 0 Å². The molecule has 0 fully saturated rings. The summed E-state index contributed by atoms with van der Waals surface area (Å²) in [5, 5.41) is 0. The fourth-order valence-corrected chi connectivity index (χ4v) is 2.00. The lowest BCUT2D eigenvalue weighted by atomic mass is 9.90. The smallest absolute Gasteiger partial charge is 0.166 e. The van der Waals surface area contributed by atoms with Crippen molar-refractivity contribution < 1.29 is 9.18 Å². The summed E-state index contributed by atoms with van der Waals surface area (Å²) in [6.45, 7) is 0. The van der Waals surface area contributed by atoms with Crippen molar-refractivity contribution in [3.63, 3.8) is 0 Å². The molecular weight excluding hydrogens is 235 g/mol. The van der Waals surface area contributed by atoms with E-state index in [0.717, 1.165) is 18.4 Å². The number of halogens is 2. The Bertz CT molecular complexity index is 373. The maximum Gasteiger partial charge on any atom is 0.166 e. The molecule has 0 bridgehead atoms. The number of hydrogen-bond donors (Lipinski definition) is 0.